The number of benzene rings is 1. The van der Waals surface area contributed by atoms with Gasteiger partial charge in [0.15, 0.2) is 5.78 Å². The maximum atomic E-state index is 13.0. The molecule has 0 aliphatic carbocycles. The summed E-state index contributed by atoms with van der Waals surface area (Å²) in [6.07, 6.45) is 0.367. The highest BCUT2D eigenvalue weighted by atomic mass is 19.1. The molecule has 1 atom stereocenters. The van der Waals surface area contributed by atoms with Gasteiger partial charge in [-0.15, -0.1) is 0 Å². The van der Waals surface area contributed by atoms with Crippen molar-refractivity contribution >= 4 is 11.8 Å². The van der Waals surface area contributed by atoms with Gasteiger partial charge in [-0.3, -0.25) is 4.79 Å². The number of nitrogens with one attached hydrogen (secondary N) is 2. The Morgan fingerprint density at radius 1 is 1.29 bits per heavy atom. The van der Waals surface area contributed by atoms with Crippen molar-refractivity contribution in [3.05, 3.63) is 35.6 Å². The van der Waals surface area contributed by atoms with Crippen LogP contribution in [0.5, 0.6) is 0 Å². The Morgan fingerprint density at radius 3 is 2.48 bits per heavy atom. The summed E-state index contributed by atoms with van der Waals surface area (Å²) in [5.41, 5.74) is 0.308. The number of carbonyl (C=O) groups is 2. The summed E-state index contributed by atoms with van der Waals surface area (Å²) in [6, 6.07) is 5.04. The van der Waals surface area contributed by atoms with Crippen LogP contribution in [0.15, 0.2) is 24.3 Å². The first-order valence-electron chi connectivity index (χ1n) is 7.05. The molecule has 0 heterocycles. The van der Waals surface area contributed by atoms with E-state index >= 15 is 0 Å². The number of hydrogen-bond donors (Lipinski definition) is 2. The van der Waals surface area contributed by atoms with E-state index in [-0.39, 0.29) is 23.6 Å². The fourth-order valence-corrected chi connectivity index (χ4v) is 2.00. The minimum Gasteiger partial charge on any atom is -0.334 e. The topological polar surface area (TPSA) is 58.2 Å². The van der Waals surface area contributed by atoms with E-state index in [4.69, 9.17) is 0 Å². The number of amides is 2. The minimum atomic E-state index is -0.546. The average Bonchev–Trinajstić information content (AvgIpc) is 2.40. The van der Waals surface area contributed by atoms with Crippen LogP contribution in [0.2, 0.25) is 0 Å². The summed E-state index contributed by atoms with van der Waals surface area (Å²) in [6.45, 7) is 7.68. The van der Waals surface area contributed by atoms with Gasteiger partial charge in [-0.2, -0.15) is 0 Å². The number of halogens is 1. The predicted molar refractivity (Wildman–Crippen MR) is 80.3 cm³/mol. The molecule has 1 aromatic rings. The first-order chi connectivity index (χ1) is 9.74. The van der Waals surface area contributed by atoms with E-state index in [0.29, 0.717) is 12.0 Å². The summed E-state index contributed by atoms with van der Waals surface area (Å²) in [5, 5.41) is 5.34. The maximum absolute atomic E-state index is 13.0. The molecule has 2 N–H and O–H groups in total. The van der Waals surface area contributed by atoms with Gasteiger partial charge < -0.3 is 10.6 Å². The summed E-state index contributed by atoms with van der Waals surface area (Å²) >= 11 is 0. The van der Waals surface area contributed by atoms with Gasteiger partial charge in [0, 0.05) is 13.0 Å². The SMILES string of the molecule is CCC(=O)C(NC(=O)NCc1cccc(F)c1)C(C)(C)C. The number of hydrogen-bond acceptors (Lipinski definition) is 2. The van der Waals surface area contributed by atoms with Gasteiger partial charge >= 0.3 is 6.03 Å². The average molecular weight is 294 g/mol. The molecule has 0 aliphatic rings. The fraction of sp³-hybridized carbons (Fsp3) is 0.500. The van der Waals surface area contributed by atoms with E-state index < -0.39 is 12.1 Å². The summed E-state index contributed by atoms with van der Waals surface area (Å²) in [7, 11) is 0. The van der Waals surface area contributed by atoms with Gasteiger partial charge in [0.25, 0.3) is 0 Å². The molecular formula is C16H23FN2O2. The van der Waals surface area contributed by atoms with Crippen LogP contribution in [0.3, 0.4) is 0 Å². The van der Waals surface area contributed by atoms with Gasteiger partial charge in [0.2, 0.25) is 0 Å². The van der Waals surface area contributed by atoms with E-state index in [1.807, 2.05) is 20.8 Å². The molecule has 4 nitrogen and oxygen atoms in total. The number of urea groups is 1. The zero-order chi connectivity index (χ0) is 16.0. The highest BCUT2D eigenvalue weighted by molar-refractivity contribution is 5.89. The van der Waals surface area contributed by atoms with Crippen LogP contribution >= 0.6 is 0 Å². The lowest BCUT2D eigenvalue weighted by Gasteiger charge is -2.30. The molecule has 1 aromatic carbocycles. The molecule has 5 heteroatoms. The molecule has 0 bridgehead atoms. The first kappa shape index (κ1) is 17.1. The second-order valence-corrected chi connectivity index (χ2v) is 6.08. The van der Waals surface area contributed by atoms with Gasteiger partial charge in [-0.25, -0.2) is 9.18 Å². The van der Waals surface area contributed by atoms with Crippen molar-refractivity contribution < 1.29 is 14.0 Å². The van der Waals surface area contributed by atoms with E-state index in [2.05, 4.69) is 10.6 Å². The van der Waals surface area contributed by atoms with Crippen molar-refractivity contribution in [2.24, 2.45) is 5.41 Å². The summed E-state index contributed by atoms with van der Waals surface area (Å²) < 4.78 is 13.0. The second kappa shape index (κ2) is 7.20. The maximum Gasteiger partial charge on any atom is 0.315 e. The fourth-order valence-electron chi connectivity index (χ4n) is 2.00. The third-order valence-corrected chi connectivity index (χ3v) is 3.15. The molecular weight excluding hydrogens is 271 g/mol. The Kier molecular flexibility index (Phi) is 5.88. The standard InChI is InChI=1S/C16H23FN2O2/c1-5-13(20)14(16(2,3)4)19-15(21)18-10-11-7-6-8-12(17)9-11/h6-9,14H,5,10H2,1-4H3,(H2,18,19,21). The Balaban J connectivity index is 2.60. The molecule has 0 radical (unpaired) electrons. The number of carbonyl (C=O) groups excluding carboxylic acids is 2. The van der Waals surface area contributed by atoms with Crippen LogP contribution in [0, 0.1) is 11.2 Å². The monoisotopic (exact) mass is 294 g/mol. The van der Waals surface area contributed by atoms with Crippen LogP contribution in [0.25, 0.3) is 0 Å². The van der Waals surface area contributed by atoms with Crippen molar-refractivity contribution in [2.75, 3.05) is 0 Å². The molecule has 0 fully saturated rings. The molecule has 1 unspecified atom stereocenters. The second-order valence-electron chi connectivity index (χ2n) is 6.08. The van der Waals surface area contributed by atoms with Crippen LogP contribution in [0.4, 0.5) is 9.18 Å². The summed E-state index contributed by atoms with van der Waals surface area (Å²) in [5.74, 6) is -0.355. The Bertz CT molecular complexity index is 509. The highest BCUT2D eigenvalue weighted by Gasteiger charge is 2.31. The smallest absolute Gasteiger partial charge is 0.315 e. The Morgan fingerprint density at radius 2 is 1.95 bits per heavy atom. The minimum absolute atomic E-state index is 0.0107. The normalized spacial score (nSPS) is 12.6. The lowest BCUT2D eigenvalue weighted by atomic mass is 9.83. The van der Waals surface area contributed by atoms with Crippen molar-refractivity contribution in [3.63, 3.8) is 0 Å². The first-order valence-corrected chi connectivity index (χ1v) is 7.05. The van der Waals surface area contributed by atoms with Crippen LogP contribution in [0.1, 0.15) is 39.7 Å². The molecule has 0 saturated heterocycles. The molecule has 0 saturated carbocycles. The molecule has 0 spiro atoms. The predicted octanol–water partition coefficient (Wildman–Crippen LogP) is 3.02. The Labute approximate surface area is 125 Å². The van der Waals surface area contributed by atoms with Crippen LogP contribution in [-0.4, -0.2) is 17.9 Å². The molecule has 2 amide bonds. The van der Waals surface area contributed by atoms with E-state index in [0.717, 1.165) is 0 Å². The van der Waals surface area contributed by atoms with Crippen molar-refractivity contribution in [1.82, 2.24) is 10.6 Å². The number of ketones is 1. The van der Waals surface area contributed by atoms with Gasteiger partial charge in [0.05, 0.1) is 6.04 Å². The van der Waals surface area contributed by atoms with Gasteiger partial charge in [-0.1, -0.05) is 39.8 Å². The number of Topliss-reactive ketones (excluding diaryl/α,β-unsaturated/α-hetero) is 1. The zero-order valence-corrected chi connectivity index (χ0v) is 13.0. The molecule has 21 heavy (non-hydrogen) atoms. The van der Waals surface area contributed by atoms with Crippen molar-refractivity contribution in [1.29, 1.82) is 0 Å². The quantitative estimate of drug-likeness (QED) is 0.877. The molecule has 0 aromatic heterocycles. The van der Waals surface area contributed by atoms with E-state index in [1.54, 1.807) is 19.1 Å². The molecule has 116 valence electrons. The van der Waals surface area contributed by atoms with E-state index in [1.165, 1.54) is 12.1 Å². The summed E-state index contributed by atoms with van der Waals surface area (Å²) in [4.78, 5) is 23.8. The van der Waals surface area contributed by atoms with Gasteiger partial charge in [-0.05, 0) is 23.1 Å². The molecule has 0 aliphatic heterocycles. The zero-order valence-electron chi connectivity index (χ0n) is 13.0. The third kappa shape index (κ3) is 5.53. The largest absolute Gasteiger partial charge is 0.334 e. The lowest BCUT2D eigenvalue weighted by molar-refractivity contribution is -0.122. The third-order valence-electron chi connectivity index (χ3n) is 3.15. The lowest BCUT2D eigenvalue weighted by Crippen LogP contribution is -2.52. The van der Waals surface area contributed by atoms with Crippen LogP contribution in [-0.2, 0) is 11.3 Å². The van der Waals surface area contributed by atoms with Crippen molar-refractivity contribution in [2.45, 2.75) is 46.7 Å². The van der Waals surface area contributed by atoms with Crippen LogP contribution < -0.4 is 10.6 Å². The molecule has 1 rings (SSSR count). The van der Waals surface area contributed by atoms with Gasteiger partial charge in [0.1, 0.15) is 5.82 Å². The van der Waals surface area contributed by atoms with E-state index in [9.17, 15) is 14.0 Å². The highest BCUT2D eigenvalue weighted by Crippen LogP contribution is 2.20. The number of rotatable bonds is 5. The van der Waals surface area contributed by atoms with Crippen molar-refractivity contribution in [3.8, 4) is 0 Å². The Hall–Kier alpha value is -1.91.